The van der Waals surface area contributed by atoms with Crippen molar-refractivity contribution >= 4 is 21.2 Å². The summed E-state index contributed by atoms with van der Waals surface area (Å²) in [5, 5.41) is 6.58. The molecule has 12 heteroatoms. The summed E-state index contributed by atoms with van der Waals surface area (Å²) >= 11 is 0. The molecule has 0 amide bonds. The molecule has 1 aliphatic rings. The molecule has 0 spiro atoms. The van der Waals surface area contributed by atoms with Gasteiger partial charge in [0.2, 0.25) is 0 Å². The normalized spacial score (nSPS) is 23.1. The molecule has 1 heterocycles. The predicted molar refractivity (Wildman–Crippen MR) is 68.2 cm³/mol. The second kappa shape index (κ2) is 4.87. The Morgan fingerprint density at radius 1 is 1.05 bits per heavy atom. The van der Waals surface area contributed by atoms with Gasteiger partial charge in [0, 0.05) is 12.1 Å². The molecule has 1 unspecified atom stereocenters. The summed E-state index contributed by atoms with van der Waals surface area (Å²) in [6.07, 6.45) is 1.64. The van der Waals surface area contributed by atoms with Crippen LogP contribution in [0.5, 0.6) is 0 Å². The molecule has 4 N–H and O–H groups in total. The Bertz CT molecular complexity index is 636. The Morgan fingerprint density at radius 2 is 1.65 bits per heavy atom. The number of para-hydroxylation sites is 1. The van der Waals surface area contributed by atoms with Crippen LogP contribution < -0.4 is 4.36 Å². The molecule has 0 aromatic heterocycles. The van der Waals surface area contributed by atoms with Gasteiger partial charge in [-0.25, -0.2) is 4.57 Å². The van der Waals surface area contributed by atoms with Gasteiger partial charge in [-0.3, -0.25) is 9.79 Å². The highest BCUT2D eigenvalue weighted by Gasteiger charge is 2.51. The summed E-state index contributed by atoms with van der Waals surface area (Å²) in [4.78, 5) is 36.8. The zero-order valence-electron chi connectivity index (χ0n) is 9.83. The summed E-state index contributed by atoms with van der Waals surface area (Å²) in [6.45, 7) is 0. The van der Waals surface area contributed by atoms with Crippen molar-refractivity contribution in [2.24, 2.45) is 10.4 Å². The van der Waals surface area contributed by atoms with Crippen LogP contribution >= 0.6 is 15.5 Å². The lowest BCUT2D eigenvalue weighted by Gasteiger charge is -2.29. The van der Waals surface area contributed by atoms with Crippen molar-refractivity contribution in [2.75, 3.05) is 0 Å². The van der Waals surface area contributed by atoms with Gasteiger partial charge in [0.1, 0.15) is 0 Å². The molecule has 1 aliphatic heterocycles. The average molecular weight is 321 g/mol. The fourth-order valence-corrected chi connectivity index (χ4v) is 2.71. The SMILES string of the molecule is O=P(O)(O)N1C=C[N+](c2ccccc2)(P(=O)(O)O)N=N1. The second-order valence-electron chi connectivity index (χ2n) is 3.81. The molecule has 0 saturated carbocycles. The van der Waals surface area contributed by atoms with E-state index < -0.39 is 19.9 Å². The van der Waals surface area contributed by atoms with Crippen LogP contribution in [0.1, 0.15) is 0 Å². The maximum absolute atomic E-state index is 11.7. The molecule has 1 aromatic rings. The smallest absolute Gasteiger partial charge is 0.307 e. The molecule has 0 bridgehead atoms. The van der Waals surface area contributed by atoms with E-state index in [0.29, 0.717) is 0 Å². The first kappa shape index (κ1) is 15.0. The number of hydrogen-bond donors (Lipinski definition) is 4. The number of hydrogen-bond acceptors (Lipinski definition) is 4. The van der Waals surface area contributed by atoms with Crippen molar-refractivity contribution in [3.8, 4) is 0 Å². The fourth-order valence-electron chi connectivity index (χ4n) is 1.53. The van der Waals surface area contributed by atoms with E-state index in [1.54, 1.807) is 18.2 Å². The zero-order chi connectivity index (χ0) is 15.0. The highest BCUT2D eigenvalue weighted by atomic mass is 31.2. The lowest BCUT2D eigenvalue weighted by atomic mass is 10.3. The third-order valence-corrected chi connectivity index (χ3v) is 4.46. The van der Waals surface area contributed by atoms with Crippen molar-refractivity contribution in [3.05, 3.63) is 42.7 Å². The molecule has 0 radical (unpaired) electrons. The molecule has 10 nitrogen and oxygen atoms in total. The van der Waals surface area contributed by atoms with Crippen molar-refractivity contribution < 1.29 is 28.7 Å². The monoisotopic (exact) mass is 321 g/mol. The second-order valence-corrected chi connectivity index (χ2v) is 6.88. The minimum absolute atomic E-state index is 0.103. The highest BCUT2D eigenvalue weighted by molar-refractivity contribution is 7.51. The van der Waals surface area contributed by atoms with Gasteiger partial charge in [-0.2, -0.15) is 4.57 Å². The number of quaternary nitrogens is 1. The van der Waals surface area contributed by atoms with Gasteiger partial charge in [0.25, 0.3) is 0 Å². The van der Waals surface area contributed by atoms with Crippen LogP contribution in [0.4, 0.5) is 5.69 Å². The lowest BCUT2D eigenvalue weighted by molar-refractivity contribution is 0.257. The van der Waals surface area contributed by atoms with E-state index in [1.807, 2.05) is 0 Å². The van der Waals surface area contributed by atoms with E-state index in [-0.39, 0.29) is 10.5 Å². The Balaban J connectivity index is 2.53. The summed E-state index contributed by atoms with van der Waals surface area (Å²) in [6, 6.07) is 7.56. The van der Waals surface area contributed by atoms with Gasteiger partial charge in [-0.05, 0) is 9.59 Å². The first-order valence-electron chi connectivity index (χ1n) is 5.15. The van der Waals surface area contributed by atoms with Crippen LogP contribution in [0.3, 0.4) is 0 Å². The van der Waals surface area contributed by atoms with Gasteiger partial charge in [-0.15, -0.1) is 4.78 Å². The van der Waals surface area contributed by atoms with Gasteiger partial charge in [0.05, 0.1) is 11.4 Å². The van der Waals surface area contributed by atoms with Crippen LogP contribution in [0.25, 0.3) is 0 Å². The molecule has 1 aromatic carbocycles. The van der Waals surface area contributed by atoms with Crippen LogP contribution in [-0.4, -0.2) is 24.4 Å². The third-order valence-electron chi connectivity index (χ3n) is 2.48. The van der Waals surface area contributed by atoms with Crippen LogP contribution in [-0.2, 0) is 9.13 Å². The topological polar surface area (TPSA) is 143 Å². The lowest BCUT2D eigenvalue weighted by Crippen LogP contribution is -2.36. The van der Waals surface area contributed by atoms with Crippen LogP contribution in [0, 0.1) is 0 Å². The molecule has 108 valence electrons. The minimum Gasteiger partial charge on any atom is -0.307 e. The molecule has 0 aliphatic carbocycles. The highest BCUT2D eigenvalue weighted by Crippen LogP contribution is 2.55. The van der Waals surface area contributed by atoms with Gasteiger partial charge in [0.15, 0.2) is 11.9 Å². The van der Waals surface area contributed by atoms with Gasteiger partial charge < -0.3 is 9.79 Å². The van der Waals surface area contributed by atoms with E-state index in [0.717, 1.165) is 12.4 Å². The Hall–Kier alpha value is -1.38. The first-order chi connectivity index (χ1) is 9.17. The Labute approximate surface area is 113 Å². The molecule has 1 atom stereocenters. The van der Waals surface area contributed by atoms with Crippen LogP contribution in [0.2, 0.25) is 0 Å². The number of benzene rings is 1. The van der Waals surface area contributed by atoms with E-state index in [1.165, 1.54) is 12.1 Å². The average Bonchev–Trinajstić information content (AvgIpc) is 2.37. The summed E-state index contributed by atoms with van der Waals surface area (Å²) in [5.74, 6) is 0. The maximum Gasteiger partial charge on any atom is 0.564 e. The fraction of sp³-hybridized carbons (Fsp3) is 0. The standard InChI is InChI=1S/C8H10N4O6P2/c13-19(14,15)11-6-7-12(10-9-11,20(16,17)18)8-4-2-1-3-5-8/h1-7H,(H3-,13,14,15,16,17,18)/p+1. The molecule has 0 saturated heterocycles. The Morgan fingerprint density at radius 3 is 2.05 bits per heavy atom. The van der Waals surface area contributed by atoms with E-state index in [9.17, 15) is 18.9 Å². The minimum atomic E-state index is -4.86. The number of rotatable bonds is 3. The van der Waals surface area contributed by atoms with Crippen molar-refractivity contribution in [1.82, 2.24) is 9.14 Å². The molecular weight excluding hydrogens is 310 g/mol. The third kappa shape index (κ3) is 2.58. The van der Waals surface area contributed by atoms with E-state index in [4.69, 9.17) is 9.79 Å². The molecular formula is C8H11N4O6P2+. The van der Waals surface area contributed by atoms with Gasteiger partial charge >= 0.3 is 15.5 Å². The van der Waals surface area contributed by atoms with Gasteiger partial charge in [-0.1, -0.05) is 18.2 Å². The van der Waals surface area contributed by atoms with E-state index in [2.05, 4.69) is 10.4 Å². The van der Waals surface area contributed by atoms with E-state index >= 15 is 0 Å². The predicted octanol–water partition coefficient (Wildman–Crippen LogP) is 1.25. The zero-order valence-corrected chi connectivity index (χ0v) is 11.6. The largest absolute Gasteiger partial charge is 0.564 e. The number of nitrogens with zero attached hydrogens (tertiary/aromatic N) is 4. The van der Waals surface area contributed by atoms with Crippen LogP contribution in [0.15, 0.2) is 53.2 Å². The maximum atomic E-state index is 11.7. The summed E-state index contributed by atoms with van der Waals surface area (Å²) in [5.41, 5.74) is 0.103. The summed E-state index contributed by atoms with van der Waals surface area (Å²) in [7, 11) is -9.58. The van der Waals surface area contributed by atoms with Crippen molar-refractivity contribution in [1.29, 1.82) is 0 Å². The molecule has 2 rings (SSSR count). The van der Waals surface area contributed by atoms with Crippen molar-refractivity contribution in [2.45, 2.75) is 0 Å². The quantitative estimate of drug-likeness (QED) is 0.613. The summed E-state index contributed by atoms with van der Waals surface area (Å²) < 4.78 is 21.6. The van der Waals surface area contributed by atoms with Crippen molar-refractivity contribution in [3.63, 3.8) is 0 Å². The molecule has 20 heavy (non-hydrogen) atoms. The first-order valence-corrected chi connectivity index (χ1v) is 8.28. The molecule has 0 fully saturated rings. The Kier molecular flexibility index (Phi) is 3.66.